The van der Waals surface area contributed by atoms with Gasteiger partial charge in [-0.3, -0.25) is 0 Å². The molecule has 0 bridgehead atoms. The second-order valence-corrected chi connectivity index (χ2v) is 3.14. The van der Waals surface area contributed by atoms with Crippen LogP contribution in [0.15, 0.2) is 35.8 Å². The summed E-state index contributed by atoms with van der Waals surface area (Å²) in [6.45, 7) is 0. The van der Waals surface area contributed by atoms with Crippen LogP contribution < -0.4 is 0 Å². The van der Waals surface area contributed by atoms with E-state index in [-0.39, 0.29) is 5.82 Å². The molecule has 0 saturated carbocycles. The first kappa shape index (κ1) is 8.90. The van der Waals surface area contributed by atoms with Crippen molar-refractivity contribution in [2.24, 2.45) is 5.18 Å². The summed E-state index contributed by atoms with van der Waals surface area (Å²) in [6.07, 6.45) is 1.43. The Bertz CT molecular complexity index is 449. The van der Waals surface area contributed by atoms with E-state index in [1.807, 2.05) is 0 Å². The minimum atomic E-state index is 0.160. The Labute approximate surface area is 84.9 Å². The predicted molar refractivity (Wildman–Crippen MR) is 54.5 cm³/mol. The van der Waals surface area contributed by atoms with Crippen LogP contribution in [0.3, 0.4) is 0 Å². The topological polar surface area (TPSA) is 58.1 Å². The Balaban J connectivity index is 2.49. The lowest BCUT2D eigenvalue weighted by molar-refractivity contribution is 1.29. The summed E-state index contributed by atoms with van der Waals surface area (Å²) in [5.74, 6) is 0.160. The number of nitroso groups, excluding NO2 is 1. The molecule has 0 fully saturated rings. The van der Waals surface area contributed by atoms with Crippen LogP contribution in [0.2, 0.25) is 5.02 Å². The van der Waals surface area contributed by atoms with Gasteiger partial charge in [-0.15, -0.1) is 4.91 Å². The maximum Gasteiger partial charge on any atom is 0.222 e. The monoisotopic (exact) mass is 207 g/mol. The van der Waals surface area contributed by atoms with Gasteiger partial charge in [0, 0.05) is 10.6 Å². The summed E-state index contributed by atoms with van der Waals surface area (Å²) in [4.78, 5) is 17.0. The van der Waals surface area contributed by atoms with Crippen molar-refractivity contribution in [1.82, 2.24) is 9.97 Å². The standard InChI is InChI=1S/C9H6ClN3O/c10-7-3-1-6(2-4-7)8-9(13-14)12-5-11-8/h1-5H,(H,11,12). The second-order valence-electron chi connectivity index (χ2n) is 2.70. The molecule has 14 heavy (non-hydrogen) atoms. The number of halogens is 1. The molecule has 4 nitrogen and oxygen atoms in total. The molecule has 0 aliphatic heterocycles. The molecule has 0 aliphatic rings. The molecule has 0 radical (unpaired) electrons. The average molecular weight is 208 g/mol. The van der Waals surface area contributed by atoms with Gasteiger partial charge in [0.05, 0.1) is 12.0 Å². The van der Waals surface area contributed by atoms with E-state index in [0.29, 0.717) is 10.7 Å². The molecule has 70 valence electrons. The van der Waals surface area contributed by atoms with Gasteiger partial charge in [-0.2, -0.15) is 0 Å². The van der Waals surface area contributed by atoms with Gasteiger partial charge in [-0.05, 0) is 17.3 Å². The third kappa shape index (κ3) is 1.52. The summed E-state index contributed by atoms with van der Waals surface area (Å²) >= 11 is 5.74. The third-order valence-corrected chi connectivity index (χ3v) is 2.09. The maximum atomic E-state index is 10.4. The quantitative estimate of drug-likeness (QED) is 0.770. The highest BCUT2D eigenvalue weighted by Gasteiger charge is 2.07. The normalized spacial score (nSPS) is 10.1. The van der Waals surface area contributed by atoms with E-state index in [0.717, 1.165) is 5.56 Å². The zero-order chi connectivity index (χ0) is 9.97. The molecule has 0 aliphatic carbocycles. The molecule has 1 N–H and O–H groups in total. The number of aromatic amines is 1. The highest BCUT2D eigenvalue weighted by molar-refractivity contribution is 6.30. The van der Waals surface area contributed by atoms with Crippen LogP contribution >= 0.6 is 11.6 Å². The number of aromatic nitrogens is 2. The lowest BCUT2D eigenvalue weighted by Crippen LogP contribution is -1.76. The molecule has 0 spiro atoms. The van der Waals surface area contributed by atoms with Crippen molar-refractivity contribution < 1.29 is 0 Å². The molecular weight excluding hydrogens is 202 g/mol. The predicted octanol–water partition coefficient (Wildman–Crippen LogP) is 3.13. The lowest BCUT2D eigenvalue weighted by Gasteiger charge is -1.97. The Morgan fingerprint density at radius 1 is 1.29 bits per heavy atom. The average Bonchev–Trinajstić information content (AvgIpc) is 2.67. The molecule has 0 unspecified atom stereocenters. The fraction of sp³-hybridized carbons (Fsp3) is 0. The van der Waals surface area contributed by atoms with E-state index in [9.17, 15) is 4.91 Å². The van der Waals surface area contributed by atoms with E-state index >= 15 is 0 Å². The first-order valence-electron chi connectivity index (χ1n) is 3.94. The van der Waals surface area contributed by atoms with Gasteiger partial charge >= 0.3 is 0 Å². The minimum Gasteiger partial charge on any atom is -0.343 e. The number of nitrogens with one attached hydrogen (secondary N) is 1. The molecule has 5 heteroatoms. The highest BCUT2D eigenvalue weighted by atomic mass is 35.5. The van der Waals surface area contributed by atoms with Crippen molar-refractivity contribution >= 4 is 17.4 Å². The van der Waals surface area contributed by atoms with Crippen molar-refractivity contribution in [3.05, 3.63) is 40.5 Å². The molecular formula is C9H6ClN3O. The SMILES string of the molecule is O=Nc1nc[nH]c1-c1ccc(Cl)cc1. The Hall–Kier alpha value is -1.68. The molecule has 0 saturated heterocycles. The molecule has 2 rings (SSSR count). The lowest BCUT2D eigenvalue weighted by atomic mass is 10.1. The van der Waals surface area contributed by atoms with Crippen molar-refractivity contribution in [2.45, 2.75) is 0 Å². The van der Waals surface area contributed by atoms with Gasteiger partial charge in [0.15, 0.2) is 0 Å². The summed E-state index contributed by atoms with van der Waals surface area (Å²) in [5, 5.41) is 3.45. The number of nitrogens with zero attached hydrogens (tertiary/aromatic N) is 2. The van der Waals surface area contributed by atoms with Crippen molar-refractivity contribution in [3.8, 4) is 11.3 Å². The van der Waals surface area contributed by atoms with Crippen LogP contribution in [0, 0.1) is 4.91 Å². The molecule has 1 aromatic heterocycles. The van der Waals surface area contributed by atoms with Crippen LogP contribution in [0.25, 0.3) is 11.3 Å². The molecule has 1 heterocycles. The molecule has 0 atom stereocenters. The Morgan fingerprint density at radius 3 is 2.64 bits per heavy atom. The van der Waals surface area contributed by atoms with E-state index in [1.165, 1.54) is 6.33 Å². The molecule has 2 aromatic rings. The van der Waals surface area contributed by atoms with Crippen LogP contribution in [0.5, 0.6) is 0 Å². The van der Waals surface area contributed by atoms with Gasteiger partial charge < -0.3 is 4.98 Å². The first-order chi connectivity index (χ1) is 6.81. The van der Waals surface area contributed by atoms with E-state index in [4.69, 9.17) is 11.6 Å². The molecule has 1 aromatic carbocycles. The Morgan fingerprint density at radius 2 is 2.00 bits per heavy atom. The number of H-pyrrole nitrogens is 1. The summed E-state index contributed by atoms with van der Waals surface area (Å²) < 4.78 is 0. The zero-order valence-corrected chi connectivity index (χ0v) is 7.82. The highest BCUT2D eigenvalue weighted by Crippen LogP contribution is 2.26. The van der Waals surface area contributed by atoms with Gasteiger partial charge in [-0.25, -0.2) is 4.98 Å². The third-order valence-electron chi connectivity index (χ3n) is 1.84. The fourth-order valence-corrected chi connectivity index (χ4v) is 1.31. The molecule has 0 amide bonds. The minimum absolute atomic E-state index is 0.160. The zero-order valence-electron chi connectivity index (χ0n) is 7.07. The smallest absolute Gasteiger partial charge is 0.222 e. The first-order valence-corrected chi connectivity index (χ1v) is 4.31. The van der Waals surface area contributed by atoms with E-state index in [2.05, 4.69) is 15.1 Å². The summed E-state index contributed by atoms with van der Waals surface area (Å²) in [7, 11) is 0. The van der Waals surface area contributed by atoms with Gasteiger partial charge in [0.2, 0.25) is 5.82 Å². The van der Waals surface area contributed by atoms with Crippen LogP contribution in [-0.2, 0) is 0 Å². The van der Waals surface area contributed by atoms with E-state index < -0.39 is 0 Å². The number of rotatable bonds is 2. The maximum absolute atomic E-state index is 10.4. The van der Waals surface area contributed by atoms with Gasteiger partial charge in [-0.1, -0.05) is 23.7 Å². The van der Waals surface area contributed by atoms with Gasteiger partial charge in [0.1, 0.15) is 0 Å². The summed E-state index contributed by atoms with van der Waals surface area (Å²) in [6, 6.07) is 7.08. The number of benzene rings is 1. The van der Waals surface area contributed by atoms with Crippen LogP contribution in [0.1, 0.15) is 0 Å². The van der Waals surface area contributed by atoms with Crippen LogP contribution in [0.4, 0.5) is 5.82 Å². The fourth-order valence-electron chi connectivity index (χ4n) is 1.19. The number of hydrogen-bond acceptors (Lipinski definition) is 3. The van der Waals surface area contributed by atoms with Crippen molar-refractivity contribution in [1.29, 1.82) is 0 Å². The van der Waals surface area contributed by atoms with Crippen LogP contribution in [-0.4, -0.2) is 9.97 Å². The largest absolute Gasteiger partial charge is 0.343 e. The summed E-state index contributed by atoms with van der Waals surface area (Å²) in [5.41, 5.74) is 1.44. The number of hydrogen-bond donors (Lipinski definition) is 1. The second kappa shape index (κ2) is 3.59. The number of imidazole rings is 1. The van der Waals surface area contributed by atoms with Crippen molar-refractivity contribution in [3.63, 3.8) is 0 Å². The Kier molecular flexibility index (Phi) is 2.28. The van der Waals surface area contributed by atoms with Crippen molar-refractivity contribution in [2.75, 3.05) is 0 Å². The van der Waals surface area contributed by atoms with Gasteiger partial charge in [0.25, 0.3) is 0 Å². The van der Waals surface area contributed by atoms with E-state index in [1.54, 1.807) is 24.3 Å².